The number of benzene rings is 3. The van der Waals surface area contributed by atoms with Gasteiger partial charge in [-0.3, -0.25) is 14.4 Å². The highest BCUT2D eigenvalue weighted by atomic mass is 15.5. The van der Waals surface area contributed by atoms with Crippen LogP contribution in [-0.4, -0.2) is 41.5 Å². The lowest BCUT2D eigenvalue weighted by Gasteiger charge is -2.27. The second-order valence-electron chi connectivity index (χ2n) is 7.93. The van der Waals surface area contributed by atoms with E-state index in [2.05, 4.69) is 133 Å². The highest BCUT2D eigenvalue weighted by Gasteiger charge is 2.47. The molecule has 0 saturated heterocycles. The number of hydrogen-bond donors (Lipinski definition) is 0. The van der Waals surface area contributed by atoms with Crippen molar-refractivity contribution in [3.8, 4) is 0 Å². The molecule has 3 nitrogen and oxygen atoms in total. The fraction of sp³-hybridized carbons (Fsp3) is 0.269. The van der Waals surface area contributed by atoms with Crippen LogP contribution < -0.4 is 0 Å². The molecule has 0 saturated carbocycles. The molecule has 1 heterocycles. The van der Waals surface area contributed by atoms with Crippen molar-refractivity contribution in [1.82, 2.24) is 9.80 Å². The zero-order chi connectivity index (χ0) is 20.4. The number of rotatable bonds is 4. The third kappa shape index (κ3) is 3.53. The van der Waals surface area contributed by atoms with Gasteiger partial charge in [-0.25, -0.2) is 0 Å². The molecule has 0 amide bonds. The van der Waals surface area contributed by atoms with Gasteiger partial charge in [0.2, 0.25) is 0 Å². The lowest BCUT2D eigenvalue weighted by molar-refractivity contribution is -0.543. The van der Waals surface area contributed by atoms with Crippen LogP contribution in [0.3, 0.4) is 0 Å². The number of likely N-dealkylation sites (N-methyl/N-ethyl adjacent to an activating group) is 2. The lowest BCUT2D eigenvalue weighted by atomic mass is 9.93. The molecule has 0 bridgehead atoms. The maximum absolute atomic E-state index is 2.44. The number of hydrogen-bond acceptors (Lipinski definition) is 2. The summed E-state index contributed by atoms with van der Waals surface area (Å²) < 4.78 is 2.44. The largest absolute Gasteiger partial charge is 0.351 e. The highest BCUT2D eigenvalue weighted by Crippen LogP contribution is 2.41. The van der Waals surface area contributed by atoms with Gasteiger partial charge in [-0.05, 0) is 23.6 Å². The molecule has 0 unspecified atom stereocenters. The minimum Gasteiger partial charge on any atom is -0.261 e. The Morgan fingerprint density at radius 3 is 1.83 bits per heavy atom. The Labute approximate surface area is 174 Å². The van der Waals surface area contributed by atoms with Gasteiger partial charge in [-0.2, -0.15) is 0 Å². The molecule has 0 aromatic heterocycles. The standard InChI is InChI=1S/C26H30N3/c1-20(21-14-8-5-9-15-21)27(2)26-28(3)24(22-16-10-6-11-17-22)25(29(26)4)23-18-12-7-13-19-23/h5-20,24-25H,1-4H3/q+1/t20-,24+,25+/m1/s1. The summed E-state index contributed by atoms with van der Waals surface area (Å²) in [7, 11) is 6.65. The summed E-state index contributed by atoms with van der Waals surface area (Å²) in [5.74, 6) is 1.24. The van der Waals surface area contributed by atoms with Crippen LogP contribution in [0.4, 0.5) is 0 Å². The van der Waals surface area contributed by atoms with Crippen molar-refractivity contribution in [2.75, 3.05) is 21.1 Å². The molecule has 3 atom stereocenters. The van der Waals surface area contributed by atoms with Crippen LogP contribution in [0.15, 0.2) is 91.0 Å². The fourth-order valence-electron chi connectivity index (χ4n) is 4.66. The van der Waals surface area contributed by atoms with Gasteiger partial charge < -0.3 is 0 Å². The zero-order valence-corrected chi connectivity index (χ0v) is 17.7. The van der Waals surface area contributed by atoms with Crippen molar-refractivity contribution in [3.63, 3.8) is 0 Å². The third-order valence-electron chi connectivity index (χ3n) is 6.23. The third-order valence-corrected chi connectivity index (χ3v) is 6.23. The van der Waals surface area contributed by atoms with E-state index in [-0.39, 0.29) is 18.1 Å². The molecule has 3 aromatic carbocycles. The SMILES string of the molecule is C[C@H](c1ccccc1)N(C)C1=[N+](C)[C@@H](c2ccccc2)[C@H](c2ccccc2)N1C. The van der Waals surface area contributed by atoms with Crippen LogP contribution in [0, 0.1) is 0 Å². The zero-order valence-electron chi connectivity index (χ0n) is 17.7. The molecule has 3 aromatic rings. The average Bonchev–Trinajstić information content (AvgIpc) is 3.04. The van der Waals surface area contributed by atoms with E-state index in [0.29, 0.717) is 0 Å². The van der Waals surface area contributed by atoms with Gasteiger partial charge in [0.25, 0.3) is 0 Å². The summed E-state index contributed by atoms with van der Waals surface area (Å²) in [6.45, 7) is 2.28. The van der Waals surface area contributed by atoms with E-state index in [1.165, 1.54) is 22.6 Å². The Hall–Kier alpha value is -3.07. The Bertz CT molecular complexity index is 967. The Morgan fingerprint density at radius 1 is 0.793 bits per heavy atom. The highest BCUT2D eigenvalue weighted by molar-refractivity contribution is 5.77. The van der Waals surface area contributed by atoms with Crippen molar-refractivity contribution in [2.45, 2.75) is 25.0 Å². The van der Waals surface area contributed by atoms with E-state index < -0.39 is 0 Å². The average molecular weight is 385 g/mol. The van der Waals surface area contributed by atoms with Crippen LogP contribution in [0.2, 0.25) is 0 Å². The molecule has 1 aliphatic rings. The Balaban J connectivity index is 1.78. The van der Waals surface area contributed by atoms with Gasteiger partial charge in [-0.15, -0.1) is 0 Å². The second kappa shape index (κ2) is 8.12. The molecule has 0 spiro atoms. The monoisotopic (exact) mass is 384 g/mol. The summed E-state index contributed by atoms with van der Waals surface area (Å²) >= 11 is 0. The van der Waals surface area contributed by atoms with Crippen molar-refractivity contribution in [2.24, 2.45) is 0 Å². The van der Waals surface area contributed by atoms with E-state index in [4.69, 9.17) is 0 Å². The van der Waals surface area contributed by atoms with E-state index in [0.717, 1.165) is 0 Å². The molecule has 3 heteroatoms. The minimum absolute atomic E-state index is 0.254. The fourth-order valence-corrected chi connectivity index (χ4v) is 4.66. The lowest BCUT2D eigenvalue weighted by Crippen LogP contribution is -2.42. The van der Waals surface area contributed by atoms with Crippen molar-refractivity contribution in [3.05, 3.63) is 108 Å². The van der Waals surface area contributed by atoms with Crippen LogP contribution in [0.5, 0.6) is 0 Å². The normalized spacial score (nSPS) is 20.1. The summed E-state index contributed by atoms with van der Waals surface area (Å²) in [6, 6.07) is 33.2. The molecular weight excluding hydrogens is 354 g/mol. The molecule has 1 aliphatic heterocycles. The second-order valence-corrected chi connectivity index (χ2v) is 7.93. The molecule has 148 valence electrons. The van der Waals surface area contributed by atoms with Gasteiger partial charge in [0.15, 0.2) is 0 Å². The van der Waals surface area contributed by atoms with Gasteiger partial charge in [0.05, 0.1) is 27.2 Å². The van der Waals surface area contributed by atoms with Crippen LogP contribution in [0.1, 0.15) is 41.7 Å². The first-order valence-corrected chi connectivity index (χ1v) is 10.3. The van der Waals surface area contributed by atoms with Crippen LogP contribution in [-0.2, 0) is 0 Å². The van der Waals surface area contributed by atoms with E-state index in [1.807, 2.05) is 0 Å². The summed E-state index contributed by atoms with van der Waals surface area (Å²) in [5.41, 5.74) is 4.00. The first-order chi connectivity index (χ1) is 14.1. The predicted octanol–water partition coefficient (Wildman–Crippen LogP) is 5.11. The Kier molecular flexibility index (Phi) is 5.39. The molecule has 0 fully saturated rings. The van der Waals surface area contributed by atoms with Crippen LogP contribution >= 0.6 is 0 Å². The minimum atomic E-state index is 0.254. The van der Waals surface area contributed by atoms with E-state index >= 15 is 0 Å². The van der Waals surface area contributed by atoms with Crippen molar-refractivity contribution >= 4 is 5.96 Å². The molecule has 29 heavy (non-hydrogen) atoms. The molecular formula is C26H30N3+. The van der Waals surface area contributed by atoms with E-state index in [1.54, 1.807) is 0 Å². The van der Waals surface area contributed by atoms with Crippen LogP contribution in [0.25, 0.3) is 0 Å². The number of nitrogens with zero attached hydrogens (tertiary/aromatic N) is 3. The topological polar surface area (TPSA) is 9.49 Å². The molecule has 0 aliphatic carbocycles. The summed E-state index contributed by atoms with van der Waals surface area (Å²) in [5, 5.41) is 0. The first-order valence-electron chi connectivity index (χ1n) is 10.3. The predicted molar refractivity (Wildman–Crippen MR) is 120 cm³/mol. The van der Waals surface area contributed by atoms with Gasteiger partial charge >= 0.3 is 5.96 Å². The van der Waals surface area contributed by atoms with Gasteiger partial charge in [-0.1, -0.05) is 91.0 Å². The maximum atomic E-state index is 2.44. The first kappa shape index (κ1) is 19.3. The smallest absolute Gasteiger partial charge is 0.261 e. The van der Waals surface area contributed by atoms with Crippen molar-refractivity contribution in [1.29, 1.82) is 0 Å². The molecule has 0 N–H and O–H groups in total. The Morgan fingerprint density at radius 2 is 1.28 bits per heavy atom. The molecule has 4 rings (SSSR count). The molecule has 0 radical (unpaired) electrons. The summed E-state index contributed by atoms with van der Waals surface area (Å²) in [4.78, 5) is 4.83. The maximum Gasteiger partial charge on any atom is 0.351 e. The van der Waals surface area contributed by atoms with Crippen molar-refractivity contribution < 1.29 is 4.58 Å². The number of guanidine groups is 1. The van der Waals surface area contributed by atoms with E-state index in [9.17, 15) is 0 Å². The van der Waals surface area contributed by atoms with Gasteiger partial charge in [0, 0.05) is 0 Å². The quantitative estimate of drug-likeness (QED) is 0.579. The van der Waals surface area contributed by atoms with Gasteiger partial charge in [0.1, 0.15) is 12.1 Å². The summed E-state index contributed by atoms with van der Waals surface area (Å²) in [6.07, 6.45) is 0.